The molecule has 31 heavy (non-hydrogen) atoms. The molecule has 1 N–H and O–H groups in total. The van der Waals surface area contributed by atoms with E-state index in [9.17, 15) is 27.9 Å². The number of nitrogens with zero attached hydrogens (tertiary/aromatic N) is 1. The van der Waals surface area contributed by atoms with Crippen LogP contribution >= 0.6 is 23.4 Å². The van der Waals surface area contributed by atoms with Crippen LogP contribution in [0, 0.1) is 11.6 Å². The molecule has 3 rings (SSSR count). The first kappa shape index (κ1) is 22.7. The fourth-order valence-corrected chi connectivity index (χ4v) is 3.71. The van der Waals surface area contributed by atoms with Crippen molar-refractivity contribution < 1.29 is 37.3 Å². The molecule has 0 bridgehead atoms. The monoisotopic (exact) mass is 471 g/mol. The average molecular weight is 472 g/mol. The average Bonchev–Trinajstić information content (AvgIpc) is 2.75. The number of pyridine rings is 1. The Morgan fingerprint density at radius 2 is 1.90 bits per heavy atom. The lowest BCUT2D eigenvalue weighted by Gasteiger charge is -2.17. The summed E-state index contributed by atoms with van der Waals surface area (Å²) in [7, 11) is 1.05. The molecule has 162 valence electrons. The SMILES string of the molecule is COc1c(F)c(F)cc2c(OC(=O)c3ccccc3)c(C(=O)O)c(SC(Cl)CF)nc12. The zero-order valence-corrected chi connectivity index (χ0v) is 17.3. The third-order valence-electron chi connectivity index (χ3n) is 4.03. The van der Waals surface area contributed by atoms with Crippen molar-refractivity contribution in [3.63, 3.8) is 0 Å². The maximum absolute atomic E-state index is 14.3. The first-order chi connectivity index (χ1) is 14.8. The molecular formula is C20H13ClF3NO5S. The number of carbonyl (C=O) groups is 2. The summed E-state index contributed by atoms with van der Waals surface area (Å²) in [6.07, 6.45) is 0. The van der Waals surface area contributed by atoms with E-state index < -0.39 is 52.0 Å². The van der Waals surface area contributed by atoms with Crippen molar-refractivity contribution in [3.8, 4) is 11.5 Å². The minimum Gasteiger partial charge on any atom is -0.491 e. The number of halogens is 4. The minimum atomic E-state index is -1.60. The standard InChI is InChI=1S/C20H13ClF3NO5S/c1-29-17-14(24)11(23)7-10-15(17)25-18(31-12(21)8-22)13(19(26)27)16(10)30-20(28)9-5-3-2-4-6-9/h2-7,12H,8H2,1H3,(H,26,27). The number of carboxylic acids is 1. The van der Waals surface area contributed by atoms with E-state index in [1.807, 2.05) is 0 Å². The van der Waals surface area contributed by atoms with Crippen LogP contribution < -0.4 is 9.47 Å². The van der Waals surface area contributed by atoms with Gasteiger partial charge in [-0.15, -0.1) is 11.6 Å². The largest absolute Gasteiger partial charge is 0.491 e. The number of aromatic nitrogens is 1. The van der Waals surface area contributed by atoms with Crippen LogP contribution in [-0.2, 0) is 0 Å². The van der Waals surface area contributed by atoms with E-state index >= 15 is 0 Å². The fourth-order valence-electron chi connectivity index (χ4n) is 2.71. The second kappa shape index (κ2) is 9.44. The van der Waals surface area contributed by atoms with E-state index in [-0.39, 0.29) is 21.5 Å². The van der Waals surface area contributed by atoms with Gasteiger partial charge >= 0.3 is 11.9 Å². The third-order valence-corrected chi connectivity index (χ3v) is 5.32. The van der Waals surface area contributed by atoms with Gasteiger partial charge in [0, 0.05) is 0 Å². The van der Waals surface area contributed by atoms with Crippen LogP contribution in [0.5, 0.6) is 11.5 Å². The number of ether oxygens (including phenoxy) is 2. The van der Waals surface area contributed by atoms with Gasteiger partial charge in [0.05, 0.1) is 18.1 Å². The molecule has 0 aliphatic heterocycles. The molecular weight excluding hydrogens is 459 g/mol. The van der Waals surface area contributed by atoms with Gasteiger partial charge < -0.3 is 14.6 Å². The van der Waals surface area contributed by atoms with Crippen molar-refractivity contribution in [1.82, 2.24) is 4.98 Å². The second-order valence-electron chi connectivity index (χ2n) is 5.97. The number of methoxy groups -OCH3 is 1. The zero-order chi connectivity index (χ0) is 22.7. The Kier molecular flexibility index (Phi) is 6.91. The molecule has 11 heteroatoms. The van der Waals surface area contributed by atoms with Gasteiger partial charge in [0.2, 0.25) is 5.82 Å². The molecule has 1 heterocycles. The zero-order valence-electron chi connectivity index (χ0n) is 15.7. The minimum absolute atomic E-state index is 0.0755. The van der Waals surface area contributed by atoms with Gasteiger partial charge in [0.1, 0.15) is 27.5 Å². The highest BCUT2D eigenvalue weighted by Gasteiger charge is 2.29. The van der Waals surface area contributed by atoms with Gasteiger partial charge in [-0.2, -0.15) is 4.39 Å². The van der Waals surface area contributed by atoms with E-state index in [2.05, 4.69) is 4.98 Å². The molecule has 0 spiro atoms. The van der Waals surface area contributed by atoms with Crippen LogP contribution in [0.15, 0.2) is 41.4 Å². The molecule has 0 fully saturated rings. The van der Waals surface area contributed by atoms with Crippen molar-refractivity contribution in [1.29, 1.82) is 0 Å². The molecule has 0 saturated carbocycles. The van der Waals surface area contributed by atoms with Crippen LogP contribution in [0.4, 0.5) is 13.2 Å². The van der Waals surface area contributed by atoms with Gasteiger partial charge in [-0.3, -0.25) is 0 Å². The summed E-state index contributed by atoms with van der Waals surface area (Å²) in [6.45, 7) is -1.04. The molecule has 6 nitrogen and oxygen atoms in total. The molecule has 0 radical (unpaired) electrons. The van der Waals surface area contributed by atoms with Crippen LogP contribution in [0.1, 0.15) is 20.7 Å². The van der Waals surface area contributed by atoms with E-state index in [1.165, 1.54) is 12.1 Å². The predicted octanol–water partition coefficient (Wildman–Crippen LogP) is 5.07. The molecule has 3 aromatic rings. The summed E-state index contributed by atoms with van der Waals surface area (Å²) in [5.41, 5.74) is -0.909. The fraction of sp³-hybridized carbons (Fsp3) is 0.150. The van der Waals surface area contributed by atoms with Gasteiger partial charge in [-0.05, 0) is 18.2 Å². The third kappa shape index (κ3) is 4.54. The van der Waals surface area contributed by atoms with Crippen LogP contribution in [0.3, 0.4) is 0 Å². The van der Waals surface area contributed by atoms with Crippen molar-refractivity contribution in [2.45, 2.75) is 9.74 Å². The number of benzene rings is 2. The summed E-state index contributed by atoms with van der Waals surface area (Å²) in [4.78, 5) is 28.6. The summed E-state index contributed by atoms with van der Waals surface area (Å²) in [6, 6.07) is 8.23. The maximum Gasteiger partial charge on any atom is 0.343 e. The molecule has 0 saturated heterocycles. The topological polar surface area (TPSA) is 85.7 Å². The van der Waals surface area contributed by atoms with Gasteiger partial charge in [-0.1, -0.05) is 30.0 Å². The quantitative estimate of drug-likeness (QED) is 0.292. The number of alkyl halides is 2. The van der Waals surface area contributed by atoms with E-state index in [4.69, 9.17) is 21.1 Å². The summed E-state index contributed by atoms with van der Waals surface area (Å²) < 4.78 is 50.4. The van der Waals surface area contributed by atoms with E-state index in [1.54, 1.807) is 18.2 Å². The number of fused-ring (bicyclic) bond motifs is 1. The van der Waals surface area contributed by atoms with Crippen molar-refractivity contribution >= 4 is 46.2 Å². The summed E-state index contributed by atoms with van der Waals surface area (Å²) in [5, 5.41) is 9.06. The number of aromatic carboxylic acids is 1. The first-order valence-electron chi connectivity index (χ1n) is 8.55. The summed E-state index contributed by atoms with van der Waals surface area (Å²) in [5.74, 6) is -6.55. The summed E-state index contributed by atoms with van der Waals surface area (Å²) >= 11 is 6.31. The van der Waals surface area contributed by atoms with E-state index in [0.29, 0.717) is 17.8 Å². The molecule has 0 amide bonds. The lowest BCUT2D eigenvalue weighted by atomic mass is 10.1. The number of rotatable bonds is 7. The Labute approximate surface area is 182 Å². The molecule has 1 aromatic heterocycles. The van der Waals surface area contributed by atoms with Crippen molar-refractivity contribution in [3.05, 3.63) is 59.2 Å². The molecule has 0 aliphatic carbocycles. The lowest BCUT2D eigenvalue weighted by molar-refractivity contribution is 0.0677. The van der Waals surface area contributed by atoms with Crippen LogP contribution in [-0.4, -0.2) is 40.5 Å². The Bertz CT molecular complexity index is 1160. The smallest absolute Gasteiger partial charge is 0.343 e. The molecule has 0 aliphatic rings. The Hall–Kier alpha value is -2.98. The van der Waals surface area contributed by atoms with Crippen molar-refractivity contribution in [2.24, 2.45) is 0 Å². The predicted molar refractivity (Wildman–Crippen MR) is 108 cm³/mol. The van der Waals surface area contributed by atoms with Gasteiger partial charge in [-0.25, -0.2) is 23.4 Å². The second-order valence-corrected chi connectivity index (χ2v) is 7.94. The highest BCUT2D eigenvalue weighted by Crippen LogP contribution is 2.42. The maximum atomic E-state index is 14.3. The number of hydrogen-bond acceptors (Lipinski definition) is 6. The van der Waals surface area contributed by atoms with E-state index in [0.717, 1.165) is 7.11 Å². The highest BCUT2D eigenvalue weighted by atomic mass is 35.5. The lowest BCUT2D eigenvalue weighted by Crippen LogP contribution is -2.14. The molecule has 1 atom stereocenters. The first-order valence-corrected chi connectivity index (χ1v) is 9.87. The number of carboxylic acid groups (broad SMARTS) is 1. The Balaban J connectivity index is 2.34. The van der Waals surface area contributed by atoms with Crippen LogP contribution in [0.25, 0.3) is 10.9 Å². The molecule has 1 unspecified atom stereocenters. The van der Waals surface area contributed by atoms with Crippen LogP contribution in [0.2, 0.25) is 0 Å². The number of hydrogen-bond donors (Lipinski definition) is 1. The van der Waals surface area contributed by atoms with Gasteiger partial charge in [0.15, 0.2) is 17.3 Å². The normalized spacial score (nSPS) is 11.9. The number of carbonyl (C=O) groups excluding carboxylic acids is 1. The Morgan fingerprint density at radius 1 is 1.23 bits per heavy atom. The molecule has 2 aromatic carbocycles. The Morgan fingerprint density at radius 3 is 2.48 bits per heavy atom. The number of thioether (sulfide) groups is 1. The highest BCUT2D eigenvalue weighted by molar-refractivity contribution is 8.01. The van der Waals surface area contributed by atoms with Crippen molar-refractivity contribution in [2.75, 3.05) is 13.8 Å². The van der Waals surface area contributed by atoms with Gasteiger partial charge in [0.25, 0.3) is 0 Å². The number of esters is 1.